The summed E-state index contributed by atoms with van der Waals surface area (Å²) in [5.74, 6) is 0.820. The Kier molecular flexibility index (Phi) is 4.98. The van der Waals surface area contributed by atoms with Gasteiger partial charge in [-0.2, -0.15) is 0 Å². The van der Waals surface area contributed by atoms with Crippen LogP contribution in [0.4, 0.5) is 0 Å². The van der Waals surface area contributed by atoms with Crippen molar-refractivity contribution in [2.24, 2.45) is 5.92 Å². The molecule has 0 saturated carbocycles. The summed E-state index contributed by atoms with van der Waals surface area (Å²) in [4.78, 5) is 0. The van der Waals surface area contributed by atoms with E-state index < -0.39 is 0 Å². The Balaban J connectivity index is 1.81. The van der Waals surface area contributed by atoms with Crippen molar-refractivity contribution in [3.05, 3.63) is 35.9 Å². The highest BCUT2D eigenvalue weighted by molar-refractivity contribution is 8.82. The van der Waals surface area contributed by atoms with E-state index in [1.807, 2.05) is 0 Å². The molecule has 0 aliphatic carbocycles. The molecule has 2 rings (SSSR count). The van der Waals surface area contributed by atoms with Gasteiger partial charge in [-0.15, -0.1) is 11.8 Å². The Morgan fingerprint density at radius 1 is 1.06 bits per heavy atom. The summed E-state index contributed by atoms with van der Waals surface area (Å²) in [6.07, 6.45) is 2.55. The average Bonchev–Trinajstić information content (AvgIpc) is 2.66. The highest BCUT2D eigenvalue weighted by Gasteiger charge is 2.27. The minimum atomic E-state index is 0.746. The molecule has 0 nitrogen and oxygen atoms in total. The van der Waals surface area contributed by atoms with Crippen LogP contribution in [0.1, 0.15) is 25.8 Å². The third kappa shape index (κ3) is 3.94. The number of thioether (sulfide) groups is 1. The van der Waals surface area contributed by atoms with Crippen molar-refractivity contribution >= 4 is 33.3 Å². The molecule has 1 aromatic carbocycles. The molecule has 0 amide bonds. The summed E-state index contributed by atoms with van der Waals surface area (Å²) in [6, 6.07) is 10.8. The first kappa shape index (κ1) is 12.7. The van der Waals surface area contributed by atoms with Crippen molar-refractivity contribution in [1.29, 1.82) is 0 Å². The molecule has 3 heteroatoms. The second kappa shape index (κ2) is 6.27. The Morgan fingerprint density at radius 3 is 2.44 bits per heavy atom. The zero-order valence-corrected chi connectivity index (χ0v) is 12.2. The fraction of sp³-hybridized carbons (Fsp3) is 0.538. The Morgan fingerprint density at radius 2 is 1.75 bits per heavy atom. The molecule has 0 bridgehead atoms. The fourth-order valence-electron chi connectivity index (χ4n) is 1.71. The minimum absolute atomic E-state index is 0.746. The van der Waals surface area contributed by atoms with Gasteiger partial charge in [-0.1, -0.05) is 65.8 Å². The van der Waals surface area contributed by atoms with E-state index in [4.69, 9.17) is 0 Å². The maximum Gasteiger partial charge on any atom is 0.0658 e. The van der Waals surface area contributed by atoms with Crippen LogP contribution in [-0.2, 0) is 6.42 Å². The third-order valence-electron chi connectivity index (χ3n) is 2.48. The molecule has 0 unspecified atom stereocenters. The van der Waals surface area contributed by atoms with Crippen LogP contribution >= 0.6 is 33.3 Å². The lowest BCUT2D eigenvalue weighted by molar-refractivity contribution is 0.621. The van der Waals surface area contributed by atoms with E-state index in [0.29, 0.717) is 0 Å². The molecule has 1 fully saturated rings. The summed E-state index contributed by atoms with van der Waals surface area (Å²) >= 11 is 2.16. The third-order valence-corrected chi connectivity index (χ3v) is 8.05. The SMILES string of the molecule is CC(C)C[C@H]1SS[C@H](Cc2ccccc2)S1. The predicted molar refractivity (Wildman–Crippen MR) is 80.0 cm³/mol. The maximum absolute atomic E-state index is 2.32. The molecule has 0 aromatic heterocycles. The lowest BCUT2D eigenvalue weighted by Crippen LogP contribution is -2.02. The van der Waals surface area contributed by atoms with Crippen molar-refractivity contribution in [1.82, 2.24) is 0 Å². The van der Waals surface area contributed by atoms with Crippen LogP contribution in [0.15, 0.2) is 30.3 Å². The summed E-state index contributed by atoms with van der Waals surface area (Å²) in [6.45, 7) is 4.63. The van der Waals surface area contributed by atoms with E-state index in [2.05, 4.69) is 77.5 Å². The first-order valence-electron chi connectivity index (χ1n) is 5.75. The van der Waals surface area contributed by atoms with Gasteiger partial charge in [0.2, 0.25) is 0 Å². The van der Waals surface area contributed by atoms with Gasteiger partial charge in [0.25, 0.3) is 0 Å². The average molecular weight is 270 g/mol. The van der Waals surface area contributed by atoms with Gasteiger partial charge in [0, 0.05) is 0 Å². The van der Waals surface area contributed by atoms with Crippen LogP contribution in [0.25, 0.3) is 0 Å². The second-order valence-electron chi connectivity index (χ2n) is 4.51. The molecular formula is C13H18S3. The quantitative estimate of drug-likeness (QED) is 0.702. The first-order chi connectivity index (χ1) is 7.74. The van der Waals surface area contributed by atoms with Gasteiger partial charge < -0.3 is 0 Å². The van der Waals surface area contributed by atoms with Crippen LogP contribution in [0, 0.1) is 5.92 Å². The number of hydrogen-bond donors (Lipinski definition) is 0. The van der Waals surface area contributed by atoms with Crippen LogP contribution in [-0.4, -0.2) is 9.16 Å². The van der Waals surface area contributed by atoms with Gasteiger partial charge in [-0.05, 0) is 24.3 Å². The minimum Gasteiger partial charge on any atom is -0.131 e. The summed E-state index contributed by atoms with van der Waals surface area (Å²) in [5, 5.41) is 0. The summed E-state index contributed by atoms with van der Waals surface area (Å²) in [5.41, 5.74) is 1.47. The lowest BCUT2D eigenvalue weighted by atomic mass is 10.2. The summed E-state index contributed by atoms with van der Waals surface area (Å²) < 4.78 is 1.55. The summed E-state index contributed by atoms with van der Waals surface area (Å²) in [7, 11) is 4.14. The van der Waals surface area contributed by atoms with Gasteiger partial charge in [0.05, 0.1) is 9.16 Å². The van der Waals surface area contributed by atoms with E-state index in [1.165, 1.54) is 18.4 Å². The largest absolute Gasteiger partial charge is 0.131 e. The van der Waals surface area contributed by atoms with Crippen molar-refractivity contribution < 1.29 is 0 Å². The van der Waals surface area contributed by atoms with Crippen LogP contribution < -0.4 is 0 Å². The highest BCUT2D eigenvalue weighted by atomic mass is 33.1. The van der Waals surface area contributed by atoms with Crippen molar-refractivity contribution in [2.45, 2.75) is 35.9 Å². The van der Waals surface area contributed by atoms with E-state index in [1.54, 1.807) is 0 Å². The van der Waals surface area contributed by atoms with Gasteiger partial charge in [-0.25, -0.2) is 0 Å². The molecular weight excluding hydrogens is 252 g/mol. The second-order valence-corrected chi connectivity index (χ2v) is 9.19. The number of rotatable bonds is 4. The Bertz CT molecular complexity index is 310. The van der Waals surface area contributed by atoms with E-state index in [0.717, 1.165) is 15.1 Å². The molecule has 1 aromatic rings. The van der Waals surface area contributed by atoms with Gasteiger partial charge in [0.1, 0.15) is 0 Å². The molecule has 1 aliphatic rings. The number of benzene rings is 1. The predicted octanol–water partition coefficient (Wildman–Crippen LogP) is 5.06. The van der Waals surface area contributed by atoms with Crippen LogP contribution in [0.3, 0.4) is 0 Å². The molecule has 0 radical (unpaired) electrons. The highest BCUT2D eigenvalue weighted by Crippen LogP contribution is 2.53. The topological polar surface area (TPSA) is 0 Å². The van der Waals surface area contributed by atoms with Crippen molar-refractivity contribution in [3.63, 3.8) is 0 Å². The first-order valence-corrected chi connectivity index (χ1v) is 8.97. The molecule has 2 atom stereocenters. The molecule has 16 heavy (non-hydrogen) atoms. The van der Waals surface area contributed by atoms with Crippen molar-refractivity contribution in [2.75, 3.05) is 0 Å². The normalized spacial score (nSPS) is 25.2. The lowest BCUT2D eigenvalue weighted by Gasteiger charge is -2.11. The van der Waals surface area contributed by atoms with Gasteiger partial charge in [0.15, 0.2) is 0 Å². The molecule has 1 aliphatic heterocycles. The monoisotopic (exact) mass is 270 g/mol. The molecule has 0 N–H and O–H groups in total. The van der Waals surface area contributed by atoms with Crippen molar-refractivity contribution in [3.8, 4) is 0 Å². The van der Waals surface area contributed by atoms with E-state index >= 15 is 0 Å². The van der Waals surface area contributed by atoms with Gasteiger partial charge >= 0.3 is 0 Å². The Hall–Kier alpha value is 0.270. The van der Waals surface area contributed by atoms with Crippen LogP contribution in [0.5, 0.6) is 0 Å². The zero-order valence-electron chi connectivity index (χ0n) is 9.76. The van der Waals surface area contributed by atoms with Gasteiger partial charge in [-0.3, -0.25) is 0 Å². The standard InChI is InChI=1S/C13H18S3/c1-10(2)8-12-14-13(16-15-12)9-11-6-4-3-5-7-11/h3-7,10,12-13H,8-9H2,1-2H3/t12-,13-/m1/s1. The molecule has 88 valence electrons. The Labute approximate surface area is 111 Å². The van der Waals surface area contributed by atoms with E-state index in [9.17, 15) is 0 Å². The molecule has 0 spiro atoms. The molecule has 1 heterocycles. The number of hydrogen-bond acceptors (Lipinski definition) is 3. The molecule has 1 saturated heterocycles. The van der Waals surface area contributed by atoms with E-state index in [-0.39, 0.29) is 0 Å². The van der Waals surface area contributed by atoms with Crippen LogP contribution in [0.2, 0.25) is 0 Å². The smallest absolute Gasteiger partial charge is 0.0658 e. The fourth-order valence-corrected chi connectivity index (χ4v) is 8.00. The maximum atomic E-state index is 2.32. The zero-order chi connectivity index (χ0) is 11.4.